The normalized spacial score (nSPS) is 19.4. The fourth-order valence-electron chi connectivity index (χ4n) is 2.66. The highest BCUT2D eigenvalue weighted by Crippen LogP contribution is 2.27. The summed E-state index contributed by atoms with van der Waals surface area (Å²) < 4.78 is 25.3. The number of sulfonamides is 1. The van der Waals surface area contributed by atoms with Gasteiger partial charge in [0.05, 0.1) is 0 Å². The highest BCUT2D eigenvalue weighted by atomic mass is 79.9. The van der Waals surface area contributed by atoms with Crippen molar-refractivity contribution in [2.75, 3.05) is 30.9 Å². The quantitative estimate of drug-likeness (QED) is 0.716. The van der Waals surface area contributed by atoms with Crippen LogP contribution in [0.1, 0.15) is 25.7 Å². The summed E-state index contributed by atoms with van der Waals surface area (Å²) in [4.78, 5) is 6.92. The first kappa shape index (κ1) is 16.7. The molecule has 118 valence electrons. The lowest BCUT2D eigenvalue weighted by atomic mass is 10.1. The molecule has 0 radical (unpaired) electrons. The smallest absolute Gasteiger partial charge is 0.244 e. The van der Waals surface area contributed by atoms with Crippen LogP contribution in [-0.2, 0) is 10.0 Å². The summed E-state index contributed by atoms with van der Waals surface area (Å²) in [6, 6.07) is 3.99. The van der Waals surface area contributed by atoms with Crippen LogP contribution in [0.4, 0.5) is 5.82 Å². The van der Waals surface area contributed by atoms with Gasteiger partial charge in [0.2, 0.25) is 10.0 Å². The number of pyridine rings is 1. The maximum Gasteiger partial charge on any atom is 0.244 e. The third-order valence-corrected chi connectivity index (χ3v) is 6.20. The molecule has 1 fully saturated rings. The van der Waals surface area contributed by atoms with Crippen molar-refractivity contribution in [2.24, 2.45) is 0 Å². The lowest BCUT2D eigenvalue weighted by Crippen LogP contribution is -2.30. The minimum Gasteiger partial charge on any atom is -0.354 e. The fraction of sp³-hybridized carbons (Fsp3) is 0.643. The molecule has 7 heteroatoms. The molecule has 0 bridgehead atoms. The number of anilines is 1. The van der Waals surface area contributed by atoms with E-state index in [0.717, 1.165) is 30.5 Å². The molecular weight excluding hydrogens is 354 g/mol. The van der Waals surface area contributed by atoms with E-state index in [1.165, 1.54) is 37.4 Å². The number of hydrogen-bond acceptors (Lipinski definition) is 4. The molecular formula is C14H22BrN3O2S. The lowest BCUT2D eigenvalue weighted by molar-refractivity contribution is 0.520. The Labute approximate surface area is 135 Å². The maximum atomic E-state index is 12.0. The molecule has 1 unspecified atom stereocenters. The molecule has 1 aliphatic rings. The molecule has 2 heterocycles. The lowest BCUT2D eigenvalue weighted by Gasteiger charge is -2.25. The van der Waals surface area contributed by atoms with Gasteiger partial charge >= 0.3 is 0 Å². The number of halogens is 1. The van der Waals surface area contributed by atoms with Gasteiger partial charge in [0, 0.05) is 38.2 Å². The second kappa shape index (κ2) is 7.07. The topological polar surface area (TPSA) is 53.5 Å². The van der Waals surface area contributed by atoms with Gasteiger partial charge in [0.15, 0.2) is 0 Å². The van der Waals surface area contributed by atoms with Gasteiger partial charge in [-0.1, -0.05) is 15.9 Å². The summed E-state index contributed by atoms with van der Waals surface area (Å²) in [5, 5.41) is 1.02. The Morgan fingerprint density at radius 1 is 1.43 bits per heavy atom. The van der Waals surface area contributed by atoms with Crippen molar-refractivity contribution in [2.45, 2.75) is 36.6 Å². The molecule has 2 rings (SSSR count). The second-order valence-corrected chi connectivity index (χ2v) is 8.41. The van der Waals surface area contributed by atoms with Crippen molar-refractivity contribution in [1.82, 2.24) is 9.29 Å². The predicted molar refractivity (Wildman–Crippen MR) is 88.5 cm³/mol. The summed E-state index contributed by atoms with van der Waals surface area (Å²) >= 11 is 3.47. The molecule has 0 saturated carbocycles. The predicted octanol–water partition coefficient (Wildman–Crippen LogP) is 2.48. The average Bonchev–Trinajstić information content (AvgIpc) is 2.93. The molecule has 21 heavy (non-hydrogen) atoms. The minimum absolute atomic E-state index is 0.243. The Bertz CT molecular complexity index is 560. The van der Waals surface area contributed by atoms with E-state index in [-0.39, 0.29) is 4.90 Å². The molecule has 0 spiro atoms. The van der Waals surface area contributed by atoms with Gasteiger partial charge in [-0.2, -0.15) is 0 Å². The van der Waals surface area contributed by atoms with Gasteiger partial charge in [-0.25, -0.2) is 17.7 Å². The van der Waals surface area contributed by atoms with Crippen molar-refractivity contribution >= 4 is 31.8 Å². The van der Waals surface area contributed by atoms with Crippen molar-refractivity contribution in [3.8, 4) is 0 Å². The minimum atomic E-state index is -3.40. The Balaban J connectivity index is 2.15. The third kappa shape index (κ3) is 3.76. The Kier molecular flexibility index (Phi) is 5.62. The molecule has 1 aliphatic heterocycles. The van der Waals surface area contributed by atoms with Crippen molar-refractivity contribution in [3.63, 3.8) is 0 Å². The van der Waals surface area contributed by atoms with E-state index in [9.17, 15) is 8.42 Å². The second-order valence-electron chi connectivity index (χ2n) is 5.46. The zero-order chi connectivity index (χ0) is 15.5. The zero-order valence-corrected chi connectivity index (χ0v) is 14.9. The fourth-order valence-corrected chi connectivity index (χ4v) is 3.83. The van der Waals surface area contributed by atoms with Gasteiger partial charge in [0.25, 0.3) is 0 Å². The SMILES string of the molecule is CN(C)S(=O)(=O)c1ccc(N2CCCC2CCCBr)nc1. The van der Waals surface area contributed by atoms with E-state index in [4.69, 9.17) is 0 Å². The summed E-state index contributed by atoms with van der Waals surface area (Å²) in [6.45, 7) is 1.000. The Morgan fingerprint density at radius 2 is 2.19 bits per heavy atom. The molecule has 0 amide bonds. The largest absolute Gasteiger partial charge is 0.354 e. The molecule has 1 aromatic rings. The summed E-state index contributed by atoms with van der Waals surface area (Å²) in [6.07, 6.45) is 6.11. The molecule has 1 aromatic heterocycles. The van der Waals surface area contributed by atoms with Crippen LogP contribution in [0, 0.1) is 0 Å². The van der Waals surface area contributed by atoms with Crippen molar-refractivity contribution in [3.05, 3.63) is 18.3 Å². The maximum absolute atomic E-state index is 12.0. The average molecular weight is 376 g/mol. The molecule has 0 aromatic carbocycles. The van der Waals surface area contributed by atoms with Crippen LogP contribution in [0.15, 0.2) is 23.2 Å². The first-order valence-electron chi connectivity index (χ1n) is 7.18. The van der Waals surface area contributed by atoms with Crippen LogP contribution >= 0.6 is 15.9 Å². The summed E-state index contributed by atoms with van der Waals surface area (Å²) in [5.41, 5.74) is 0. The standard InChI is InChI=1S/C14H22BrN3O2S/c1-17(2)21(19,20)13-7-8-14(16-11-13)18-10-4-6-12(18)5-3-9-15/h7-8,11-12H,3-6,9-10H2,1-2H3. The van der Waals surface area contributed by atoms with Gasteiger partial charge in [-0.15, -0.1) is 0 Å². The Morgan fingerprint density at radius 3 is 2.76 bits per heavy atom. The van der Waals surface area contributed by atoms with Crippen LogP contribution in [0.25, 0.3) is 0 Å². The molecule has 1 saturated heterocycles. The molecule has 1 atom stereocenters. The number of hydrogen-bond donors (Lipinski definition) is 0. The molecule has 5 nitrogen and oxygen atoms in total. The first-order valence-corrected chi connectivity index (χ1v) is 9.74. The number of rotatable bonds is 6. The van der Waals surface area contributed by atoms with E-state index < -0.39 is 10.0 Å². The van der Waals surface area contributed by atoms with Crippen LogP contribution < -0.4 is 4.90 Å². The van der Waals surface area contributed by atoms with Crippen LogP contribution in [0.2, 0.25) is 0 Å². The Hall–Kier alpha value is -0.660. The van der Waals surface area contributed by atoms with Gasteiger partial charge < -0.3 is 4.90 Å². The zero-order valence-electron chi connectivity index (χ0n) is 12.5. The van der Waals surface area contributed by atoms with Crippen LogP contribution in [0.5, 0.6) is 0 Å². The van der Waals surface area contributed by atoms with E-state index >= 15 is 0 Å². The highest BCUT2D eigenvalue weighted by Gasteiger charge is 2.25. The van der Waals surface area contributed by atoms with Gasteiger partial charge in [-0.3, -0.25) is 0 Å². The van der Waals surface area contributed by atoms with E-state index in [0.29, 0.717) is 6.04 Å². The monoisotopic (exact) mass is 375 g/mol. The number of nitrogens with zero attached hydrogens (tertiary/aromatic N) is 3. The molecule has 0 N–H and O–H groups in total. The van der Waals surface area contributed by atoms with Crippen molar-refractivity contribution < 1.29 is 8.42 Å². The highest BCUT2D eigenvalue weighted by molar-refractivity contribution is 9.09. The summed E-state index contributed by atoms with van der Waals surface area (Å²) in [5.74, 6) is 0.879. The first-order chi connectivity index (χ1) is 9.96. The van der Waals surface area contributed by atoms with E-state index in [1.54, 1.807) is 6.07 Å². The molecule has 0 aliphatic carbocycles. The van der Waals surface area contributed by atoms with Crippen LogP contribution in [0.3, 0.4) is 0 Å². The van der Waals surface area contributed by atoms with E-state index in [2.05, 4.69) is 25.8 Å². The van der Waals surface area contributed by atoms with Gasteiger partial charge in [-0.05, 0) is 37.8 Å². The number of aromatic nitrogens is 1. The van der Waals surface area contributed by atoms with Gasteiger partial charge in [0.1, 0.15) is 10.7 Å². The number of alkyl halides is 1. The van der Waals surface area contributed by atoms with E-state index in [1.807, 2.05) is 6.07 Å². The summed E-state index contributed by atoms with van der Waals surface area (Å²) in [7, 11) is -0.343. The van der Waals surface area contributed by atoms with Crippen LogP contribution in [-0.4, -0.2) is 49.7 Å². The third-order valence-electron chi connectivity index (χ3n) is 3.84. The van der Waals surface area contributed by atoms with Crippen molar-refractivity contribution in [1.29, 1.82) is 0 Å².